The number of para-hydroxylation sites is 1. The van der Waals surface area contributed by atoms with Crippen molar-refractivity contribution in [3.63, 3.8) is 0 Å². The van der Waals surface area contributed by atoms with Crippen LogP contribution in [-0.4, -0.2) is 22.6 Å². The maximum Gasteiger partial charge on any atom is 0.259 e. The number of hydrogen-bond donors (Lipinski definition) is 3. The fraction of sp³-hybridized carbons (Fsp3) is 0.125. The van der Waals surface area contributed by atoms with Crippen LogP contribution < -0.4 is 10.6 Å². The lowest BCUT2D eigenvalue weighted by Gasteiger charge is -2.08. The molecule has 0 bridgehead atoms. The molecule has 106 valence electrons. The highest BCUT2D eigenvalue weighted by atomic mass is 16.3. The van der Waals surface area contributed by atoms with E-state index in [1.807, 2.05) is 30.3 Å². The van der Waals surface area contributed by atoms with Crippen molar-refractivity contribution in [2.75, 3.05) is 17.2 Å². The number of amides is 1. The van der Waals surface area contributed by atoms with Crippen molar-refractivity contribution in [3.05, 3.63) is 60.1 Å². The summed E-state index contributed by atoms with van der Waals surface area (Å²) >= 11 is 0. The predicted octanol–water partition coefficient (Wildman–Crippen LogP) is 2.02. The minimum Gasteiger partial charge on any atom is -0.396 e. The van der Waals surface area contributed by atoms with Crippen LogP contribution in [-0.2, 0) is 11.2 Å². The molecule has 5 nitrogen and oxygen atoms in total. The van der Waals surface area contributed by atoms with E-state index in [0.717, 1.165) is 16.9 Å². The number of hydrogen-bond acceptors (Lipinski definition) is 4. The van der Waals surface area contributed by atoms with Crippen molar-refractivity contribution in [2.24, 2.45) is 0 Å². The van der Waals surface area contributed by atoms with Crippen LogP contribution in [0.4, 0.5) is 11.4 Å². The number of nitrogens with one attached hydrogen (secondary N) is 2. The van der Waals surface area contributed by atoms with E-state index in [-0.39, 0.29) is 12.5 Å². The van der Waals surface area contributed by atoms with Gasteiger partial charge in [-0.05, 0) is 30.2 Å². The number of aliphatic hydroxyl groups is 1. The van der Waals surface area contributed by atoms with Gasteiger partial charge in [-0.2, -0.15) is 0 Å². The molecular formula is C16H15N3O2. The van der Waals surface area contributed by atoms with Crippen LogP contribution >= 0.6 is 0 Å². The number of aliphatic hydroxyl groups excluding tert-OH is 1. The molecule has 0 saturated carbocycles. The zero-order valence-corrected chi connectivity index (χ0v) is 11.3. The molecule has 0 radical (unpaired) electrons. The fourth-order valence-corrected chi connectivity index (χ4v) is 2.30. The van der Waals surface area contributed by atoms with Crippen LogP contribution in [0.2, 0.25) is 0 Å². The van der Waals surface area contributed by atoms with Crippen molar-refractivity contribution in [1.82, 2.24) is 4.98 Å². The molecule has 1 amide bonds. The highest BCUT2D eigenvalue weighted by Gasteiger charge is 2.24. The summed E-state index contributed by atoms with van der Waals surface area (Å²) in [7, 11) is 0. The smallest absolute Gasteiger partial charge is 0.259 e. The van der Waals surface area contributed by atoms with E-state index in [4.69, 9.17) is 5.11 Å². The maximum absolute atomic E-state index is 12.0. The Morgan fingerprint density at radius 2 is 2.10 bits per heavy atom. The quantitative estimate of drug-likeness (QED) is 0.750. The zero-order valence-electron chi connectivity index (χ0n) is 11.3. The fourth-order valence-electron chi connectivity index (χ4n) is 2.30. The molecule has 1 aliphatic heterocycles. The number of fused-ring (bicyclic) bond motifs is 1. The van der Waals surface area contributed by atoms with Gasteiger partial charge in [0.25, 0.3) is 5.91 Å². The van der Waals surface area contributed by atoms with E-state index in [0.29, 0.717) is 17.7 Å². The van der Waals surface area contributed by atoms with Crippen molar-refractivity contribution in [3.8, 4) is 0 Å². The molecule has 1 aromatic carbocycles. The van der Waals surface area contributed by atoms with Crippen LogP contribution in [0.3, 0.4) is 0 Å². The lowest BCUT2D eigenvalue weighted by Crippen LogP contribution is -2.06. The van der Waals surface area contributed by atoms with Crippen LogP contribution in [0, 0.1) is 0 Å². The molecule has 0 aliphatic carbocycles. The first kappa shape index (κ1) is 13.3. The first-order chi connectivity index (χ1) is 10.3. The molecule has 5 heteroatoms. The summed E-state index contributed by atoms with van der Waals surface area (Å²) in [4.78, 5) is 16.2. The SMILES string of the molecule is O=C1Nc2cccnc2/C1=C/Nc1ccccc1CCO. The lowest BCUT2D eigenvalue weighted by atomic mass is 10.1. The predicted molar refractivity (Wildman–Crippen MR) is 81.7 cm³/mol. The molecule has 0 spiro atoms. The van der Waals surface area contributed by atoms with E-state index < -0.39 is 0 Å². The summed E-state index contributed by atoms with van der Waals surface area (Å²) in [5.74, 6) is -0.171. The van der Waals surface area contributed by atoms with Crippen molar-refractivity contribution in [1.29, 1.82) is 0 Å². The molecule has 3 rings (SSSR count). The van der Waals surface area contributed by atoms with Gasteiger partial charge in [-0.1, -0.05) is 18.2 Å². The number of anilines is 2. The minimum atomic E-state index is -0.171. The van der Waals surface area contributed by atoms with Crippen molar-refractivity contribution in [2.45, 2.75) is 6.42 Å². The Labute approximate surface area is 122 Å². The number of benzene rings is 1. The van der Waals surface area contributed by atoms with Crippen LogP contribution in [0.1, 0.15) is 11.3 Å². The van der Waals surface area contributed by atoms with Crippen molar-refractivity contribution < 1.29 is 9.90 Å². The summed E-state index contributed by atoms with van der Waals surface area (Å²) < 4.78 is 0. The van der Waals surface area contributed by atoms with E-state index in [1.54, 1.807) is 18.5 Å². The molecular weight excluding hydrogens is 266 g/mol. The van der Waals surface area contributed by atoms with Crippen LogP contribution in [0.5, 0.6) is 0 Å². The Hall–Kier alpha value is -2.66. The second-order valence-electron chi connectivity index (χ2n) is 4.69. The standard InChI is InChI=1S/C16H15N3O2/c20-9-7-11-4-1-2-5-13(11)18-10-12-15-14(19-16(12)21)6-3-8-17-15/h1-6,8,10,18,20H,7,9H2,(H,19,21)/b12-10-. The summed E-state index contributed by atoms with van der Waals surface area (Å²) in [6.07, 6.45) is 3.88. The topological polar surface area (TPSA) is 74.2 Å². The highest BCUT2D eigenvalue weighted by molar-refractivity contribution is 6.31. The molecule has 0 unspecified atom stereocenters. The first-order valence-corrected chi connectivity index (χ1v) is 6.72. The second kappa shape index (κ2) is 5.76. The molecule has 0 atom stereocenters. The zero-order chi connectivity index (χ0) is 14.7. The van der Waals surface area contributed by atoms with E-state index in [1.165, 1.54) is 0 Å². The summed E-state index contributed by atoms with van der Waals surface area (Å²) in [5, 5.41) is 15.0. The summed E-state index contributed by atoms with van der Waals surface area (Å²) in [5.41, 5.74) is 3.74. The van der Waals surface area contributed by atoms with Crippen LogP contribution in [0.25, 0.3) is 5.57 Å². The van der Waals surface area contributed by atoms with Gasteiger partial charge in [0.05, 0.1) is 11.3 Å². The third-order valence-corrected chi connectivity index (χ3v) is 3.33. The number of nitrogens with zero attached hydrogens (tertiary/aromatic N) is 1. The van der Waals surface area contributed by atoms with Gasteiger partial charge in [-0.3, -0.25) is 9.78 Å². The Balaban J connectivity index is 1.89. The Morgan fingerprint density at radius 3 is 2.95 bits per heavy atom. The Morgan fingerprint density at radius 1 is 1.24 bits per heavy atom. The van der Waals surface area contributed by atoms with Gasteiger partial charge in [-0.15, -0.1) is 0 Å². The molecule has 0 saturated heterocycles. The van der Waals surface area contributed by atoms with Gasteiger partial charge >= 0.3 is 0 Å². The van der Waals surface area contributed by atoms with Gasteiger partial charge in [0.1, 0.15) is 5.69 Å². The van der Waals surface area contributed by atoms with Gasteiger partial charge in [0, 0.05) is 24.7 Å². The van der Waals surface area contributed by atoms with E-state index >= 15 is 0 Å². The maximum atomic E-state index is 12.0. The Kier molecular flexibility index (Phi) is 3.66. The number of pyridine rings is 1. The van der Waals surface area contributed by atoms with Gasteiger partial charge in [-0.25, -0.2) is 0 Å². The average molecular weight is 281 g/mol. The first-order valence-electron chi connectivity index (χ1n) is 6.72. The molecule has 0 fully saturated rings. The third-order valence-electron chi connectivity index (χ3n) is 3.33. The number of aromatic nitrogens is 1. The lowest BCUT2D eigenvalue weighted by molar-refractivity contribution is -0.110. The molecule has 2 heterocycles. The summed E-state index contributed by atoms with van der Waals surface area (Å²) in [6.45, 7) is 0.0835. The molecule has 3 N–H and O–H groups in total. The number of carbonyl (C=O) groups is 1. The Bertz CT molecular complexity index is 710. The molecule has 1 aromatic heterocycles. The largest absolute Gasteiger partial charge is 0.396 e. The molecule has 1 aliphatic rings. The van der Waals surface area contributed by atoms with Gasteiger partial charge < -0.3 is 15.7 Å². The second-order valence-corrected chi connectivity index (χ2v) is 4.69. The minimum absolute atomic E-state index is 0.0835. The van der Waals surface area contributed by atoms with E-state index in [9.17, 15) is 4.79 Å². The third kappa shape index (κ3) is 2.64. The summed E-state index contributed by atoms with van der Waals surface area (Å²) in [6, 6.07) is 11.3. The monoisotopic (exact) mass is 281 g/mol. The molecule has 2 aromatic rings. The van der Waals surface area contributed by atoms with Crippen LogP contribution in [0.15, 0.2) is 48.8 Å². The number of carbonyl (C=O) groups excluding carboxylic acids is 1. The molecule has 21 heavy (non-hydrogen) atoms. The van der Waals surface area contributed by atoms with Crippen molar-refractivity contribution >= 4 is 22.9 Å². The highest BCUT2D eigenvalue weighted by Crippen LogP contribution is 2.29. The van der Waals surface area contributed by atoms with E-state index in [2.05, 4.69) is 15.6 Å². The van der Waals surface area contributed by atoms with Gasteiger partial charge in [0.2, 0.25) is 0 Å². The van der Waals surface area contributed by atoms with Gasteiger partial charge in [0.15, 0.2) is 0 Å². The average Bonchev–Trinajstić information content (AvgIpc) is 2.82. The normalized spacial score (nSPS) is 14.9. The number of rotatable bonds is 4.